The van der Waals surface area contributed by atoms with Gasteiger partial charge in [0.05, 0.1) is 26.3 Å². The first kappa shape index (κ1) is 22.4. The maximum absolute atomic E-state index is 12.6. The summed E-state index contributed by atoms with van der Waals surface area (Å²) in [5.74, 6) is 1.08. The fourth-order valence-electron chi connectivity index (χ4n) is 5.75. The van der Waals surface area contributed by atoms with Gasteiger partial charge in [-0.2, -0.15) is 0 Å². The number of aliphatic hydroxyl groups excluding tert-OH is 1. The van der Waals surface area contributed by atoms with E-state index in [1.54, 1.807) is 18.4 Å². The molecule has 1 fully saturated rings. The number of piperidine rings is 1. The zero-order valence-corrected chi connectivity index (χ0v) is 20.2. The molecule has 176 valence electrons. The molecule has 2 aliphatic heterocycles. The molecule has 1 spiro atoms. The second-order valence-corrected chi connectivity index (χ2v) is 10.2. The average Bonchev–Trinajstić information content (AvgIpc) is 3.47. The fraction of sp³-hybridized carbons (Fsp3) is 0.520. The maximum atomic E-state index is 12.6. The van der Waals surface area contributed by atoms with Gasteiger partial charge in [0, 0.05) is 65.7 Å². The minimum absolute atomic E-state index is 0.0412. The lowest BCUT2D eigenvalue weighted by molar-refractivity contribution is -0.133. The molecule has 0 radical (unpaired) electrons. The molecular formula is C25H32N4O3S. The summed E-state index contributed by atoms with van der Waals surface area (Å²) in [6.45, 7) is 5.20. The highest BCUT2D eigenvalue weighted by Gasteiger charge is 2.47. The number of amides is 1. The van der Waals surface area contributed by atoms with Crippen LogP contribution in [0.2, 0.25) is 0 Å². The smallest absolute Gasteiger partial charge is 0.222 e. The third-order valence-electron chi connectivity index (χ3n) is 7.38. The predicted molar refractivity (Wildman–Crippen MR) is 130 cm³/mol. The third kappa shape index (κ3) is 3.94. The highest BCUT2D eigenvalue weighted by Crippen LogP contribution is 2.49. The number of likely N-dealkylation sites (tertiary alicyclic amines) is 1. The number of ether oxygens (including phenoxy) is 1. The van der Waals surface area contributed by atoms with E-state index in [0.717, 1.165) is 60.9 Å². The number of fused-ring (bicyclic) bond motifs is 4. The Hall–Kier alpha value is -2.42. The van der Waals surface area contributed by atoms with Crippen LogP contribution in [0.5, 0.6) is 5.75 Å². The van der Waals surface area contributed by atoms with Gasteiger partial charge in [0.1, 0.15) is 10.8 Å². The lowest BCUT2D eigenvalue weighted by atomic mass is 9.68. The quantitative estimate of drug-likeness (QED) is 0.574. The number of methoxy groups -OCH3 is 1. The van der Waals surface area contributed by atoms with Crippen molar-refractivity contribution in [3.63, 3.8) is 0 Å². The van der Waals surface area contributed by atoms with Crippen LogP contribution in [0.4, 0.5) is 0 Å². The van der Waals surface area contributed by atoms with Crippen LogP contribution in [0.1, 0.15) is 54.9 Å². The van der Waals surface area contributed by atoms with E-state index < -0.39 is 0 Å². The van der Waals surface area contributed by atoms with Crippen molar-refractivity contribution in [2.75, 3.05) is 33.4 Å². The number of carbonyl (C=O) groups is 1. The zero-order valence-electron chi connectivity index (χ0n) is 19.3. The topological polar surface area (TPSA) is 81.7 Å². The van der Waals surface area contributed by atoms with Gasteiger partial charge in [0.2, 0.25) is 5.91 Å². The number of hydrogen-bond donors (Lipinski definition) is 2. The van der Waals surface area contributed by atoms with Crippen LogP contribution in [0, 0.1) is 0 Å². The molecule has 0 bridgehead atoms. The molecule has 1 aromatic carbocycles. The number of carbonyl (C=O) groups excluding carboxylic acids is 1. The molecule has 2 aromatic heterocycles. The largest absolute Gasteiger partial charge is 0.497 e. The van der Waals surface area contributed by atoms with Gasteiger partial charge >= 0.3 is 0 Å². The molecule has 3 aromatic rings. The number of nitrogens with one attached hydrogen (secondary N) is 1. The summed E-state index contributed by atoms with van der Waals surface area (Å²) >= 11 is 1.65. The minimum Gasteiger partial charge on any atom is -0.497 e. The molecule has 1 atom stereocenters. The summed E-state index contributed by atoms with van der Waals surface area (Å²) in [4.78, 5) is 25.1. The Labute approximate surface area is 198 Å². The minimum atomic E-state index is -0.118. The molecule has 1 amide bonds. The van der Waals surface area contributed by atoms with E-state index >= 15 is 0 Å². The van der Waals surface area contributed by atoms with Gasteiger partial charge in [-0.25, -0.2) is 4.98 Å². The van der Waals surface area contributed by atoms with Gasteiger partial charge in [0.15, 0.2) is 0 Å². The first-order valence-electron chi connectivity index (χ1n) is 11.8. The summed E-state index contributed by atoms with van der Waals surface area (Å²) in [7, 11) is 1.68. The Morgan fingerprint density at radius 1 is 1.36 bits per heavy atom. The second-order valence-electron chi connectivity index (χ2n) is 9.27. The number of aromatic amines is 1. The number of hydrogen-bond acceptors (Lipinski definition) is 6. The molecule has 4 heterocycles. The number of aliphatic hydroxyl groups is 1. The lowest BCUT2D eigenvalue weighted by Crippen LogP contribution is -2.54. The van der Waals surface area contributed by atoms with Crippen LogP contribution in [-0.2, 0) is 16.8 Å². The van der Waals surface area contributed by atoms with Crippen molar-refractivity contribution >= 4 is 28.1 Å². The van der Waals surface area contributed by atoms with Gasteiger partial charge in [-0.15, -0.1) is 11.3 Å². The van der Waals surface area contributed by atoms with E-state index in [0.29, 0.717) is 13.0 Å². The van der Waals surface area contributed by atoms with E-state index in [1.807, 2.05) is 28.6 Å². The van der Waals surface area contributed by atoms with Gasteiger partial charge < -0.3 is 19.7 Å². The van der Waals surface area contributed by atoms with E-state index in [4.69, 9.17) is 4.74 Å². The van der Waals surface area contributed by atoms with Crippen molar-refractivity contribution in [2.45, 2.75) is 50.6 Å². The van der Waals surface area contributed by atoms with Crippen molar-refractivity contribution in [3.05, 3.63) is 46.0 Å². The maximum Gasteiger partial charge on any atom is 0.222 e. The van der Waals surface area contributed by atoms with Gasteiger partial charge in [-0.05, 0) is 37.0 Å². The Kier molecular flexibility index (Phi) is 6.16. The Morgan fingerprint density at radius 2 is 2.18 bits per heavy atom. The number of thiazole rings is 1. The molecule has 0 aliphatic carbocycles. The second kappa shape index (κ2) is 9.08. The van der Waals surface area contributed by atoms with Crippen molar-refractivity contribution in [1.29, 1.82) is 0 Å². The monoisotopic (exact) mass is 468 g/mol. The van der Waals surface area contributed by atoms with Crippen molar-refractivity contribution in [2.24, 2.45) is 0 Å². The number of benzene rings is 1. The number of rotatable bonds is 6. The number of H-pyrrole nitrogens is 1. The summed E-state index contributed by atoms with van der Waals surface area (Å²) in [5.41, 5.74) is 3.38. The van der Waals surface area contributed by atoms with Crippen molar-refractivity contribution < 1.29 is 14.6 Å². The SMILES string of the molecule is CCCC(=O)N1CCC2(CC1)CN(Cc1nccs1)[C@H](CO)c1[nH]c3cc(OC)ccc3c12. The fourth-order valence-corrected chi connectivity index (χ4v) is 6.39. The molecule has 7 nitrogen and oxygen atoms in total. The van der Waals surface area contributed by atoms with Crippen LogP contribution < -0.4 is 4.74 Å². The van der Waals surface area contributed by atoms with Gasteiger partial charge in [-0.1, -0.05) is 6.92 Å². The van der Waals surface area contributed by atoms with E-state index in [-0.39, 0.29) is 24.0 Å². The van der Waals surface area contributed by atoms with E-state index in [2.05, 4.69) is 27.9 Å². The van der Waals surface area contributed by atoms with Crippen LogP contribution >= 0.6 is 11.3 Å². The predicted octanol–water partition coefficient (Wildman–Crippen LogP) is 3.84. The standard InChI is InChI=1S/C25H32N4O3S/c1-3-4-22(31)28-10-7-25(8-11-28)16-29(14-21-26-9-12-33-21)20(15-30)24-23(25)18-6-5-17(32-2)13-19(18)27-24/h5-6,9,12-13,20,27,30H,3-4,7-8,10-11,14-16H2,1-2H3/t20-/m1/s1. The molecular weight excluding hydrogens is 436 g/mol. The first-order chi connectivity index (χ1) is 16.1. The Morgan fingerprint density at radius 3 is 2.85 bits per heavy atom. The molecule has 5 rings (SSSR count). The van der Waals surface area contributed by atoms with Crippen LogP contribution in [0.3, 0.4) is 0 Å². The van der Waals surface area contributed by atoms with Crippen LogP contribution in [-0.4, -0.2) is 64.1 Å². The normalized spacial score (nSPS) is 20.3. The lowest BCUT2D eigenvalue weighted by Gasteiger charge is -2.50. The van der Waals surface area contributed by atoms with Crippen molar-refractivity contribution in [1.82, 2.24) is 19.8 Å². The molecule has 2 aliphatic rings. The first-order valence-corrected chi connectivity index (χ1v) is 12.7. The average molecular weight is 469 g/mol. The molecule has 1 saturated heterocycles. The Balaban J connectivity index is 1.57. The number of nitrogens with zero attached hydrogens (tertiary/aromatic N) is 3. The number of aromatic nitrogens is 2. The molecule has 8 heteroatoms. The zero-order chi connectivity index (χ0) is 23.0. The van der Waals surface area contributed by atoms with Crippen molar-refractivity contribution in [3.8, 4) is 5.75 Å². The van der Waals surface area contributed by atoms with Gasteiger partial charge in [0.25, 0.3) is 0 Å². The van der Waals surface area contributed by atoms with Crippen LogP contribution in [0.25, 0.3) is 10.9 Å². The summed E-state index contributed by atoms with van der Waals surface area (Å²) in [6.07, 6.45) is 5.18. The molecule has 0 saturated carbocycles. The highest BCUT2D eigenvalue weighted by molar-refractivity contribution is 7.09. The summed E-state index contributed by atoms with van der Waals surface area (Å²) < 4.78 is 5.47. The highest BCUT2D eigenvalue weighted by atomic mass is 32.1. The summed E-state index contributed by atoms with van der Waals surface area (Å²) in [5, 5.41) is 14.7. The van der Waals surface area contributed by atoms with E-state index in [9.17, 15) is 9.90 Å². The third-order valence-corrected chi connectivity index (χ3v) is 8.14. The molecule has 0 unspecified atom stereocenters. The molecule has 2 N–H and O–H groups in total. The van der Waals surface area contributed by atoms with E-state index in [1.165, 1.54) is 10.9 Å². The molecule has 33 heavy (non-hydrogen) atoms. The van der Waals surface area contributed by atoms with Crippen LogP contribution in [0.15, 0.2) is 29.8 Å². The van der Waals surface area contributed by atoms with Gasteiger partial charge in [-0.3, -0.25) is 9.69 Å². The summed E-state index contributed by atoms with van der Waals surface area (Å²) in [6, 6.07) is 6.08. The Bertz CT molecular complexity index is 1120.